The molecule has 1 aliphatic rings. The van der Waals surface area contributed by atoms with Crippen molar-refractivity contribution in [1.29, 1.82) is 0 Å². The molecule has 0 radical (unpaired) electrons. The van der Waals surface area contributed by atoms with E-state index in [1.807, 2.05) is 0 Å². The molecular weight excluding hydrogens is 272 g/mol. The topological polar surface area (TPSA) is 75.7 Å². The van der Waals surface area contributed by atoms with Gasteiger partial charge in [-0.15, -0.1) is 0 Å². The van der Waals surface area contributed by atoms with Crippen molar-refractivity contribution >= 4 is 11.6 Å². The Hall–Kier alpha value is -1.70. The third-order valence-electron chi connectivity index (χ3n) is 3.13. The maximum Gasteiger partial charge on any atom is 0.238 e. The molecule has 1 aliphatic heterocycles. The number of nitrogens with zero attached hydrogens (tertiary/aromatic N) is 2. The molecule has 1 fully saturated rings. The van der Waals surface area contributed by atoms with E-state index in [0.717, 1.165) is 26.2 Å². The summed E-state index contributed by atoms with van der Waals surface area (Å²) >= 11 is 0. The van der Waals surface area contributed by atoms with Crippen LogP contribution >= 0.6 is 0 Å². The minimum Gasteiger partial charge on any atom is -0.475 e. The van der Waals surface area contributed by atoms with Gasteiger partial charge in [-0.1, -0.05) is 0 Å². The molecule has 0 aliphatic carbocycles. The van der Waals surface area contributed by atoms with E-state index in [1.165, 1.54) is 0 Å². The van der Waals surface area contributed by atoms with Gasteiger partial charge in [0.05, 0.1) is 25.0 Å². The number of anilines is 1. The lowest BCUT2D eigenvalue weighted by molar-refractivity contribution is -0.117. The van der Waals surface area contributed by atoms with E-state index < -0.39 is 0 Å². The molecule has 0 saturated carbocycles. The van der Waals surface area contributed by atoms with Gasteiger partial charge in [-0.3, -0.25) is 9.69 Å². The standard InChI is InChI=1S/C14H22N4O3/c1-20-8-9-21-14-3-2-12(10-16-14)17-13(19)11-18-6-4-15-5-7-18/h2-3,10,15H,4-9,11H2,1H3,(H,17,19). The number of pyridine rings is 1. The highest BCUT2D eigenvalue weighted by atomic mass is 16.5. The monoisotopic (exact) mass is 294 g/mol. The number of rotatable bonds is 7. The zero-order valence-electron chi connectivity index (χ0n) is 12.3. The lowest BCUT2D eigenvalue weighted by atomic mass is 10.3. The van der Waals surface area contributed by atoms with E-state index in [0.29, 0.717) is 31.3 Å². The molecule has 1 saturated heterocycles. The van der Waals surface area contributed by atoms with Crippen LogP contribution < -0.4 is 15.4 Å². The number of methoxy groups -OCH3 is 1. The van der Waals surface area contributed by atoms with Gasteiger partial charge < -0.3 is 20.1 Å². The number of aromatic nitrogens is 1. The van der Waals surface area contributed by atoms with Gasteiger partial charge in [0.25, 0.3) is 0 Å². The van der Waals surface area contributed by atoms with Gasteiger partial charge >= 0.3 is 0 Å². The SMILES string of the molecule is COCCOc1ccc(NC(=O)CN2CCNCC2)cn1. The van der Waals surface area contributed by atoms with Crippen molar-refractivity contribution in [3.05, 3.63) is 18.3 Å². The summed E-state index contributed by atoms with van der Waals surface area (Å²) in [5, 5.41) is 6.10. The number of hydrogen-bond donors (Lipinski definition) is 2. The largest absolute Gasteiger partial charge is 0.475 e. The number of carbonyl (C=O) groups is 1. The summed E-state index contributed by atoms with van der Waals surface area (Å²) in [4.78, 5) is 18.2. The van der Waals surface area contributed by atoms with Gasteiger partial charge in [-0.2, -0.15) is 0 Å². The summed E-state index contributed by atoms with van der Waals surface area (Å²) in [5.74, 6) is 0.499. The van der Waals surface area contributed by atoms with E-state index in [1.54, 1.807) is 25.4 Å². The second-order valence-corrected chi connectivity index (χ2v) is 4.80. The maximum atomic E-state index is 11.9. The first-order valence-corrected chi connectivity index (χ1v) is 7.08. The van der Waals surface area contributed by atoms with Crippen LogP contribution in [0.4, 0.5) is 5.69 Å². The molecular formula is C14H22N4O3. The van der Waals surface area contributed by atoms with Crippen LogP contribution in [0.3, 0.4) is 0 Å². The Labute approximate surface area is 124 Å². The summed E-state index contributed by atoms with van der Waals surface area (Å²) in [6.07, 6.45) is 1.60. The van der Waals surface area contributed by atoms with Gasteiger partial charge in [0.1, 0.15) is 6.61 Å². The van der Waals surface area contributed by atoms with Gasteiger partial charge in [0.15, 0.2) is 0 Å². The zero-order valence-corrected chi connectivity index (χ0v) is 12.3. The van der Waals surface area contributed by atoms with E-state index in [4.69, 9.17) is 9.47 Å². The normalized spacial score (nSPS) is 15.7. The number of ether oxygens (including phenoxy) is 2. The fourth-order valence-electron chi connectivity index (χ4n) is 2.04. The van der Waals surface area contributed by atoms with Gasteiger partial charge in [-0.05, 0) is 6.07 Å². The zero-order chi connectivity index (χ0) is 14.9. The maximum absolute atomic E-state index is 11.9. The predicted octanol–water partition coefficient (Wildman–Crippen LogP) is -0.0495. The molecule has 1 amide bonds. The lowest BCUT2D eigenvalue weighted by Gasteiger charge is -2.26. The summed E-state index contributed by atoms with van der Waals surface area (Å²) < 4.78 is 10.3. The third kappa shape index (κ3) is 5.66. The summed E-state index contributed by atoms with van der Waals surface area (Å²) in [6.45, 7) is 5.05. The molecule has 1 aromatic rings. The molecule has 21 heavy (non-hydrogen) atoms. The van der Waals surface area contributed by atoms with Crippen LogP contribution in [0.15, 0.2) is 18.3 Å². The van der Waals surface area contributed by atoms with Crippen molar-refractivity contribution in [3.8, 4) is 5.88 Å². The Balaban J connectivity index is 1.75. The first kappa shape index (κ1) is 15.7. The van der Waals surface area contributed by atoms with Crippen molar-refractivity contribution in [2.75, 3.05) is 58.4 Å². The Morgan fingerprint density at radius 3 is 2.86 bits per heavy atom. The van der Waals surface area contributed by atoms with E-state index in [-0.39, 0.29) is 5.91 Å². The molecule has 2 rings (SSSR count). The van der Waals surface area contributed by atoms with Gasteiger partial charge in [0, 0.05) is 39.4 Å². The van der Waals surface area contributed by atoms with Gasteiger partial charge in [-0.25, -0.2) is 4.98 Å². The van der Waals surface area contributed by atoms with Crippen LogP contribution in [0.25, 0.3) is 0 Å². The quantitative estimate of drug-likeness (QED) is 0.687. The fourth-order valence-corrected chi connectivity index (χ4v) is 2.04. The average molecular weight is 294 g/mol. The summed E-state index contributed by atoms with van der Waals surface area (Å²) in [6, 6.07) is 3.51. The minimum absolute atomic E-state index is 0.0215. The second-order valence-electron chi connectivity index (χ2n) is 4.80. The number of piperazine rings is 1. The van der Waals surface area contributed by atoms with Crippen LogP contribution in [0, 0.1) is 0 Å². The van der Waals surface area contributed by atoms with Crippen molar-refractivity contribution < 1.29 is 14.3 Å². The molecule has 7 nitrogen and oxygen atoms in total. The number of carbonyl (C=O) groups excluding carboxylic acids is 1. The van der Waals surface area contributed by atoms with Crippen LogP contribution in [0.2, 0.25) is 0 Å². The second kappa shape index (κ2) is 8.56. The Morgan fingerprint density at radius 2 is 2.19 bits per heavy atom. The van der Waals surface area contributed by atoms with Crippen LogP contribution in [0.1, 0.15) is 0 Å². The highest BCUT2D eigenvalue weighted by Crippen LogP contribution is 2.11. The number of amides is 1. The Bertz CT molecular complexity index is 432. The highest BCUT2D eigenvalue weighted by molar-refractivity contribution is 5.92. The fraction of sp³-hybridized carbons (Fsp3) is 0.571. The van der Waals surface area contributed by atoms with Crippen molar-refractivity contribution in [2.45, 2.75) is 0 Å². The predicted molar refractivity (Wildman–Crippen MR) is 79.5 cm³/mol. The highest BCUT2D eigenvalue weighted by Gasteiger charge is 2.13. The lowest BCUT2D eigenvalue weighted by Crippen LogP contribution is -2.46. The summed E-state index contributed by atoms with van der Waals surface area (Å²) in [7, 11) is 1.62. The first-order chi connectivity index (χ1) is 10.3. The summed E-state index contributed by atoms with van der Waals surface area (Å²) in [5.41, 5.74) is 0.675. The van der Waals surface area contributed by atoms with Crippen molar-refractivity contribution in [3.63, 3.8) is 0 Å². The van der Waals surface area contributed by atoms with E-state index >= 15 is 0 Å². The Morgan fingerprint density at radius 1 is 1.38 bits per heavy atom. The molecule has 2 N–H and O–H groups in total. The van der Waals surface area contributed by atoms with Crippen LogP contribution in [0.5, 0.6) is 5.88 Å². The molecule has 0 unspecified atom stereocenters. The number of nitrogens with one attached hydrogen (secondary N) is 2. The molecule has 0 bridgehead atoms. The molecule has 2 heterocycles. The smallest absolute Gasteiger partial charge is 0.238 e. The number of hydrogen-bond acceptors (Lipinski definition) is 6. The molecule has 0 spiro atoms. The minimum atomic E-state index is -0.0215. The molecule has 116 valence electrons. The van der Waals surface area contributed by atoms with E-state index in [9.17, 15) is 4.79 Å². The molecule has 7 heteroatoms. The third-order valence-corrected chi connectivity index (χ3v) is 3.13. The first-order valence-electron chi connectivity index (χ1n) is 7.08. The molecule has 0 atom stereocenters. The van der Waals surface area contributed by atoms with Crippen molar-refractivity contribution in [2.24, 2.45) is 0 Å². The molecule has 0 aromatic carbocycles. The average Bonchev–Trinajstić information content (AvgIpc) is 2.50. The van der Waals surface area contributed by atoms with E-state index in [2.05, 4.69) is 20.5 Å². The van der Waals surface area contributed by atoms with Crippen LogP contribution in [-0.2, 0) is 9.53 Å². The van der Waals surface area contributed by atoms with Crippen molar-refractivity contribution in [1.82, 2.24) is 15.2 Å². The van der Waals surface area contributed by atoms with Crippen LogP contribution in [-0.4, -0.2) is 68.8 Å². The Kier molecular flexibility index (Phi) is 6.39. The van der Waals surface area contributed by atoms with Gasteiger partial charge in [0.2, 0.25) is 11.8 Å². The molecule has 1 aromatic heterocycles.